The Labute approximate surface area is 78.7 Å². The van der Waals surface area contributed by atoms with Crippen molar-refractivity contribution in [3.05, 3.63) is 12.3 Å². The Morgan fingerprint density at radius 1 is 1.31 bits per heavy atom. The van der Waals surface area contributed by atoms with Crippen LogP contribution in [0.2, 0.25) is 0 Å². The molecule has 74 valence electrons. The van der Waals surface area contributed by atoms with Crippen LogP contribution in [-0.2, 0) is 14.3 Å². The maximum absolute atomic E-state index is 11.1. The first-order valence-electron chi connectivity index (χ1n) is 4.73. The third-order valence-corrected chi connectivity index (χ3v) is 2.18. The van der Waals surface area contributed by atoms with Crippen molar-refractivity contribution in [2.75, 3.05) is 7.11 Å². The molecule has 0 bridgehead atoms. The summed E-state index contributed by atoms with van der Waals surface area (Å²) in [6, 6.07) is 0. The average molecular weight is 184 g/mol. The Balaban J connectivity index is 2.22. The fraction of sp³-hybridized carbons (Fsp3) is 0.700. The van der Waals surface area contributed by atoms with E-state index in [1.54, 1.807) is 0 Å². The molecule has 0 aromatic heterocycles. The predicted molar refractivity (Wildman–Crippen MR) is 49.1 cm³/mol. The molecule has 0 aliphatic heterocycles. The molecule has 0 aromatic carbocycles. The summed E-state index contributed by atoms with van der Waals surface area (Å²) in [6.07, 6.45) is 8.40. The lowest BCUT2D eigenvalue weighted by Gasteiger charge is -2.20. The van der Waals surface area contributed by atoms with Crippen LogP contribution in [0.25, 0.3) is 0 Å². The van der Waals surface area contributed by atoms with Gasteiger partial charge in [0.2, 0.25) is 0 Å². The van der Waals surface area contributed by atoms with Gasteiger partial charge in [0.25, 0.3) is 0 Å². The van der Waals surface area contributed by atoms with Gasteiger partial charge in [-0.25, -0.2) is 4.79 Å². The summed E-state index contributed by atoms with van der Waals surface area (Å²) in [4.78, 5) is 11.1. The Morgan fingerprint density at radius 3 is 2.62 bits per heavy atom. The van der Waals surface area contributed by atoms with Crippen molar-refractivity contribution in [3.63, 3.8) is 0 Å². The molecule has 1 fully saturated rings. The third kappa shape index (κ3) is 3.97. The molecule has 1 saturated carbocycles. The molecule has 0 aromatic rings. The van der Waals surface area contributed by atoms with E-state index in [9.17, 15) is 4.79 Å². The van der Waals surface area contributed by atoms with E-state index in [-0.39, 0.29) is 12.1 Å². The number of rotatable bonds is 3. The molecule has 1 rings (SSSR count). The number of hydrogen-bond acceptors (Lipinski definition) is 3. The molecule has 13 heavy (non-hydrogen) atoms. The van der Waals surface area contributed by atoms with E-state index in [4.69, 9.17) is 4.74 Å². The van der Waals surface area contributed by atoms with Gasteiger partial charge in [-0.1, -0.05) is 6.42 Å². The predicted octanol–water partition coefficient (Wildman–Crippen LogP) is 2.02. The summed E-state index contributed by atoms with van der Waals surface area (Å²) in [7, 11) is 1.50. The van der Waals surface area contributed by atoms with Gasteiger partial charge >= 0.3 is 5.97 Å². The monoisotopic (exact) mass is 184 g/mol. The fourth-order valence-electron chi connectivity index (χ4n) is 1.51. The summed E-state index contributed by atoms with van der Waals surface area (Å²) in [5, 5.41) is 0. The van der Waals surface area contributed by atoms with Gasteiger partial charge in [-0.05, 0) is 25.7 Å². The van der Waals surface area contributed by atoms with E-state index in [0.717, 1.165) is 12.8 Å². The van der Waals surface area contributed by atoms with Crippen LogP contribution >= 0.6 is 0 Å². The molecular formula is C10H16O3. The number of ether oxygens (including phenoxy) is 2. The van der Waals surface area contributed by atoms with E-state index < -0.39 is 0 Å². The van der Waals surface area contributed by atoms with Gasteiger partial charge in [-0.15, -0.1) is 0 Å². The van der Waals surface area contributed by atoms with Crippen LogP contribution in [0.3, 0.4) is 0 Å². The van der Waals surface area contributed by atoms with Crippen LogP contribution in [0.15, 0.2) is 12.3 Å². The van der Waals surface area contributed by atoms with Crippen LogP contribution < -0.4 is 0 Å². The maximum Gasteiger partial charge on any atom is 0.334 e. The number of carbonyl (C=O) groups is 1. The smallest absolute Gasteiger partial charge is 0.334 e. The minimum Gasteiger partial charge on any atom is -0.504 e. The Morgan fingerprint density at radius 2 is 2.00 bits per heavy atom. The van der Waals surface area contributed by atoms with Crippen molar-refractivity contribution in [3.8, 4) is 0 Å². The number of hydrogen-bond donors (Lipinski definition) is 0. The standard InChI is InChI=1S/C10H16O3/c1-12-8-7-10(11)13-9-5-3-2-4-6-9/h7-9H,2-6H2,1H3. The van der Waals surface area contributed by atoms with Gasteiger partial charge in [0.05, 0.1) is 19.4 Å². The first kappa shape index (κ1) is 10.1. The number of carbonyl (C=O) groups excluding carboxylic acids is 1. The summed E-state index contributed by atoms with van der Waals surface area (Å²) in [6.45, 7) is 0. The van der Waals surface area contributed by atoms with E-state index >= 15 is 0 Å². The Kier molecular flexibility index (Phi) is 4.36. The highest BCUT2D eigenvalue weighted by Crippen LogP contribution is 2.20. The molecule has 0 atom stereocenters. The van der Waals surface area contributed by atoms with Crippen LogP contribution in [-0.4, -0.2) is 19.2 Å². The van der Waals surface area contributed by atoms with Crippen molar-refractivity contribution in [2.45, 2.75) is 38.2 Å². The highest BCUT2D eigenvalue weighted by molar-refractivity contribution is 5.81. The highest BCUT2D eigenvalue weighted by Gasteiger charge is 2.15. The van der Waals surface area contributed by atoms with Gasteiger partial charge < -0.3 is 9.47 Å². The quantitative estimate of drug-likeness (QED) is 0.382. The zero-order valence-corrected chi connectivity index (χ0v) is 7.99. The molecule has 0 radical (unpaired) electrons. The van der Waals surface area contributed by atoms with Gasteiger partial charge in [0, 0.05) is 0 Å². The largest absolute Gasteiger partial charge is 0.504 e. The molecule has 0 N–H and O–H groups in total. The molecule has 1 aliphatic rings. The van der Waals surface area contributed by atoms with Gasteiger partial charge in [0.1, 0.15) is 6.10 Å². The number of methoxy groups -OCH3 is 1. The molecule has 0 heterocycles. The second-order valence-corrected chi connectivity index (χ2v) is 3.24. The highest BCUT2D eigenvalue weighted by atomic mass is 16.5. The van der Waals surface area contributed by atoms with E-state index in [1.165, 1.54) is 38.7 Å². The lowest BCUT2D eigenvalue weighted by molar-refractivity contribution is -0.144. The van der Waals surface area contributed by atoms with Crippen LogP contribution in [0.1, 0.15) is 32.1 Å². The molecule has 0 unspecified atom stereocenters. The van der Waals surface area contributed by atoms with Crippen LogP contribution in [0.4, 0.5) is 0 Å². The zero-order valence-electron chi connectivity index (χ0n) is 7.99. The molecule has 0 amide bonds. The number of esters is 1. The summed E-state index contributed by atoms with van der Waals surface area (Å²) < 4.78 is 9.81. The topological polar surface area (TPSA) is 35.5 Å². The van der Waals surface area contributed by atoms with Crippen molar-refractivity contribution >= 4 is 5.97 Å². The third-order valence-electron chi connectivity index (χ3n) is 2.18. The molecular weight excluding hydrogens is 168 g/mol. The second kappa shape index (κ2) is 5.62. The van der Waals surface area contributed by atoms with Crippen LogP contribution in [0.5, 0.6) is 0 Å². The first-order chi connectivity index (χ1) is 6.33. The average Bonchev–Trinajstić information content (AvgIpc) is 2.16. The summed E-state index contributed by atoms with van der Waals surface area (Å²) in [5.41, 5.74) is 0. The minimum absolute atomic E-state index is 0.128. The summed E-state index contributed by atoms with van der Waals surface area (Å²) in [5.74, 6) is -0.297. The lowest BCUT2D eigenvalue weighted by atomic mass is 9.98. The SMILES string of the molecule is COC=CC(=O)OC1CCCCC1. The molecule has 1 aliphatic carbocycles. The van der Waals surface area contributed by atoms with E-state index in [1.807, 2.05) is 0 Å². The van der Waals surface area contributed by atoms with Crippen molar-refractivity contribution in [1.82, 2.24) is 0 Å². The Bertz CT molecular complexity index is 181. The van der Waals surface area contributed by atoms with Crippen LogP contribution in [0, 0.1) is 0 Å². The van der Waals surface area contributed by atoms with Crippen molar-refractivity contribution < 1.29 is 14.3 Å². The van der Waals surface area contributed by atoms with Crippen molar-refractivity contribution in [1.29, 1.82) is 0 Å². The maximum atomic E-state index is 11.1. The molecule has 0 saturated heterocycles. The van der Waals surface area contributed by atoms with Gasteiger partial charge in [-0.2, -0.15) is 0 Å². The van der Waals surface area contributed by atoms with E-state index in [2.05, 4.69) is 4.74 Å². The first-order valence-corrected chi connectivity index (χ1v) is 4.73. The summed E-state index contributed by atoms with van der Waals surface area (Å²) >= 11 is 0. The van der Waals surface area contributed by atoms with Gasteiger partial charge in [-0.3, -0.25) is 0 Å². The lowest BCUT2D eigenvalue weighted by Crippen LogP contribution is -2.19. The van der Waals surface area contributed by atoms with E-state index in [0.29, 0.717) is 0 Å². The minimum atomic E-state index is -0.297. The Hall–Kier alpha value is -0.990. The second-order valence-electron chi connectivity index (χ2n) is 3.24. The zero-order chi connectivity index (χ0) is 9.52. The molecule has 3 nitrogen and oxygen atoms in total. The van der Waals surface area contributed by atoms with Gasteiger partial charge in [0.15, 0.2) is 0 Å². The van der Waals surface area contributed by atoms with Crippen molar-refractivity contribution in [2.24, 2.45) is 0 Å². The molecule has 0 spiro atoms. The normalized spacial score (nSPS) is 18.8. The molecule has 3 heteroatoms. The fourth-order valence-corrected chi connectivity index (χ4v) is 1.51.